The third-order valence-electron chi connectivity index (χ3n) is 5.89. The van der Waals surface area contributed by atoms with Crippen molar-refractivity contribution in [3.8, 4) is 5.75 Å². The van der Waals surface area contributed by atoms with E-state index in [1.54, 1.807) is 17.6 Å². The van der Waals surface area contributed by atoms with Crippen LogP contribution >= 0.6 is 43.2 Å². The van der Waals surface area contributed by atoms with Gasteiger partial charge in [0.2, 0.25) is 0 Å². The molecule has 0 radical (unpaired) electrons. The van der Waals surface area contributed by atoms with E-state index < -0.39 is 0 Å². The van der Waals surface area contributed by atoms with Crippen molar-refractivity contribution >= 4 is 66.0 Å². The van der Waals surface area contributed by atoms with E-state index in [1.165, 1.54) is 17.7 Å². The van der Waals surface area contributed by atoms with Gasteiger partial charge in [0.25, 0.3) is 5.91 Å². The second kappa shape index (κ2) is 10.5. The Labute approximate surface area is 215 Å². The quantitative estimate of drug-likeness (QED) is 0.301. The Kier molecular flexibility index (Phi) is 7.72. The van der Waals surface area contributed by atoms with Crippen LogP contribution in [-0.4, -0.2) is 17.2 Å². The van der Waals surface area contributed by atoms with E-state index in [4.69, 9.17) is 4.99 Å². The Morgan fingerprint density at radius 3 is 2.48 bits per heavy atom. The lowest BCUT2D eigenvalue weighted by molar-refractivity contribution is 0.102. The average Bonchev–Trinajstić information content (AvgIpc) is 3.09. The van der Waals surface area contributed by atoms with Crippen LogP contribution < -0.4 is 5.32 Å². The van der Waals surface area contributed by atoms with Gasteiger partial charge >= 0.3 is 0 Å². The summed E-state index contributed by atoms with van der Waals surface area (Å²) in [5, 5.41) is 13.9. The Bertz CT molecular complexity index is 1210. The Morgan fingerprint density at radius 1 is 1.06 bits per heavy atom. The van der Waals surface area contributed by atoms with E-state index in [1.807, 2.05) is 38.1 Å². The molecule has 3 aromatic rings. The lowest BCUT2D eigenvalue weighted by Crippen LogP contribution is -2.15. The van der Waals surface area contributed by atoms with Gasteiger partial charge in [-0.15, -0.1) is 11.3 Å². The third kappa shape index (κ3) is 5.58. The number of amides is 1. The van der Waals surface area contributed by atoms with Gasteiger partial charge in [-0.3, -0.25) is 4.79 Å². The van der Waals surface area contributed by atoms with Crippen LogP contribution in [0.3, 0.4) is 0 Å². The number of rotatable bonds is 4. The molecule has 0 saturated heterocycles. The van der Waals surface area contributed by atoms with Crippen LogP contribution in [0.15, 0.2) is 44.3 Å². The number of anilines is 1. The van der Waals surface area contributed by atoms with Gasteiger partial charge in [0.15, 0.2) is 0 Å². The number of nitrogens with one attached hydrogen (secondary N) is 1. The van der Waals surface area contributed by atoms with Crippen LogP contribution in [0.4, 0.5) is 10.7 Å². The van der Waals surface area contributed by atoms with Crippen molar-refractivity contribution in [1.82, 2.24) is 0 Å². The van der Waals surface area contributed by atoms with Crippen molar-refractivity contribution < 1.29 is 9.90 Å². The number of hydrogen-bond donors (Lipinski definition) is 2. The summed E-state index contributed by atoms with van der Waals surface area (Å²) in [4.78, 5) is 19.6. The molecule has 1 amide bonds. The Morgan fingerprint density at radius 2 is 1.76 bits per heavy atom. The van der Waals surface area contributed by atoms with E-state index in [0.717, 1.165) is 58.6 Å². The minimum Gasteiger partial charge on any atom is -0.506 e. The number of fused-ring (bicyclic) bond motifs is 1. The first-order valence-electron chi connectivity index (χ1n) is 11.1. The molecule has 0 bridgehead atoms. The molecule has 1 aliphatic carbocycles. The Hall–Kier alpha value is -1.96. The predicted molar refractivity (Wildman–Crippen MR) is 145 cm³/mol. The molecule has 0 aliphatic heterocycles. The summed E-state index contributed by atoms with van der Waals surface area (Å²) in [6, 6.07) is 9.71. The maximum atomic E-state index is 13.6. The normalized spacial score (nSPS) is 14.1. The SMILES string of the molecule is Cc1ccc(C)c(NC(=O)c2c(N=Cc3cc(Br)c(O)c(Br)c3)sc3c2CCCCCC3)c1. The summed E-state index contributed by atoms with van der Waals surface area (Å²) in [7, 11) is 0. The summed E-state index contributed by atoms with van der Waals surface area (Å²) in [5.74, 6) is 0.0572. The highest BCUT2D eigenvalue weighted by molar-refractivity contribution is 9.11. The van der Waals surface area contributed by atoms with Gasteiger partial charge in [0.05, 0.1) is 14.5 Å². The van der Waals surface area contributed by atoms with Crippen molar-refractivity contribution in [2.45, 2.75) is 52.4 Å². The molecule has 4 nitrogen and oxygen atoms in total. The molecule has 0 unspecified atom stereocenters. The molecule has 1 heterocycles. The topological polar surface area (TPSA) is 61.7 Å². The first-order valence-corrected chi connectivity index (χ1v) is 13.5. The number of hydrogen-bond acceptors (Lipinski definition) is 4. The highest BCUT2D eigenvalue weighted by Crippen LogP contribution is 2.40. The number of aromatic hydroxyl groups is 1. The highest BCUT2D eigenvalue weighted by Gasteiger charge is 2.24. The predicted octanol–water partition coefficient (Wildman–Crippen LogP) is 8.26. The molecular formula is C26H26Br2N2O2S. The van der Waals surface area contributed by atoms with Gasteiger partial charge in [-0.25, -0.2) is 4.99 Å². The number of aliphatic imine (C=N–C) groups is 1. The standard InChI is InChI=1S/C26H26Br2N2O2S/c1-15-9-10-16(2)21(11-15)30-25(32)23-18-7-5-3-4-6-8-22(18)33-26(23)29-14-17-12-19(27)24(31)20(28)13-17/h9-14,31H,3-8H2,1-2H3,(H,30,32). The van der Waals surface area contributed by atoms with Crippen molar-refractivity contribution in [2.75, 3.05) is 5.32 Å². The summed E-state index contributed by atoms with van der Waals surface area (Å²) in [6.45, 7) is 4.03. The lowest BCUT2D eigenvalue weighted by atomic mass is 9.96. The minimum absolute atomic E-state index is 0.0954. The number of phenolic OH excluding ortho intramolecular Hbond substituents is 1. The van der Waals surface area contributed by atoms with Crippen LogP contribution in [0.2, 0.25) is 0 Å². The van der Waals surface area contributed by atoms with Crippen LogP contribution in [0.25, 0.3) is 0 Å². The lowest BCUT2D eigenvalue weighted by Gasteiger charge is -2.13. The molecule has 0 saturated carbocycles. The van der Waals surface area contributed by atoms with Crippen molar-refractivity contribution in [3.63, 3.8) is 0 Å². The number of carbonyl (C=O) groups excluding carboxylic acids is 1. The van der Waals surface area contributed by atoms with Gasteiger partial charge in [0, 0.05) is 16.8 Å². The number of benzene rings is 2. The monoisotopic (exact) mass is 588 g/mol. The molecule has 4 rings (SSSR count). The average molecular weight is 590 g/mol. The van der Waals surface area contributed by atoms with Gasteiger partial charge in [0.1, 0.15) is 10.8 Å². The number of nitrogens with zero attached hydrogens (tertiary/aromatic N) is 1. The first kappa shape index (κ1) is 24.2. The zero-order chi connectivity index (χ0) is 23.5. The molecule has 2 aromatic carbocycles. The van der Waals surface area contributed by atoms with E-state index in [9.17, 15) is 9.90 Å². The highest BCUT2D eigenvalue weighted by atomic mass is 79.9. The van der Waals surface area contributed by atoms with Crippen LogP contribution in [0.1, 0.15) is 63.2 Å². The fraction of sp³-hybridized carbons (Fsp3) is 0.308. The van der Waals surface area contributed by atoms with Crippen LogP contribution in [-0.2, 0) is 12.8 Å². The summed E-state index contributed by atoms with van der Waals surface area (Å²) < 4.78 is 1.18. The molecule has 1 aromatic heterocycles. The maximum Gasteiger partial charge on any atom is 0.259 e. The van der Waals surface area contributed by atoms with Crippen LogP contribution in [0.5, 0.6) is 5.75 Å². The van der Waals surface area contributed by atoms with Crippen molar-refractivity contribution in [3.05, 3.63) is 72.0 Å². The number of aryl methyl sites for hydroxylation is 3. The maximum absolute atomic E-state index is 13.6. The summed E-state index contributed by atoms with van der Waals surface area (Å²) >= 11 is 8.37. The first-order chi connectivity index (χ1) is 15.8. The van der Waals surface area contributed by atoms with Crippen LogP contribution in [0, 0.1) is 13.8 Å². The zero-order valence-corrected chi connectivity index (χ0v) is 22.7. The molecular weight excluding hydrogens is 564 g/mol. The number of phenols is 1. The number of carbonyl (C=O) groups is 1. The van der Waals surface area contributed by atoms with E-state index in [0.29, 0.717) is 14.5 Å². The molecule has 172 valence electrons. The number of halogens is 2. The second-order valence-corrected chi connectivity index (χ2v) is 11.3. The minimum atomic E-state index is -0.0954. The molecule has 2 N–H and O–H groups in total. The Balaban J connectivity index is 1.74. The van der Waals surface area contributed by atoms with Gasteiger partial charge in [-0.1, -0.05) is 25.0 Å². The molecule has 0 fully saturated rings. The fourth-order valence-electron chi connectivity index (χ4n) is 4.08. The van der Waals surface area contributed by atoms with Crippen molar-refractivity contribution in [2.24, 2.45) is 4.99 Å². The van der Waals surface area contributed by atoms with E-state index >= 15 is 0 Å². The fourth-order valence-corrected chi connectivity index (χ4v) is 6.53. The van der Waals surface area contributed by atoms with E-state index in [2.05, 4.69) is 43.2 Å². The zero-order valence-electron chi connectivity index (χ0n) is 18.7. The van der Waals surface area contributed by atoms with E-state index in [-0.39, 0.29) is 11.7 Å². The smallest absolute Gasteiger partial charge is 0.259 e. The molecule has 7 heteroatoms. The van der Waals surface area contributed by atoms with Gasteiger partial charge in [-0.05, 0) is 112 Å². The van der Waals surface area contributed by atoms with Gasteiger partial charge in [-0.2, -0.15) is 0 Å². The molecule has 1 aliphatic rings. The third-order valence-corrected chi connectivity index (χ3v) is 8.30. The van der Waals surface area contributed by atoms with Crippen molar-refractivity contribution in [1.29, 1.82) is 0 Å². The largest absolute Gasteiger partial charge is 0.506 e. The molecule has 0 spiro atoms. The number of thiophene rings is 1. The molecule has 0 atom stereocenters. The summed E-state index contributed by atoms with van der Waals surface area (Å²) in [5.41, 5.74) is 5.67. The molecule has 33 heavy (non-hydrogen) atoms. The summed E-state index contributed by atoms with van der Waals surface area (Å²) in [6.07, 6.45) is 8.32. The van der Waals surface area contributed by atoms with Gasteiger partial charge < -0.3 is 10.4 Å². The second-order valence-electron chi connectivity index (χ2n) is 8.46.